The molecule has 0 saturated carbocycles. The summed E-state index contributed by atoms with van der Waals surface area (Å²) in [7, 11) is -3.77. The lowest BCUT2D eigenvalue weighted by molar-refractivity contribution is 0.0929. The lowest BCUT2D eigenvalue weighted by Crippen LogP contribution is -2.42. The second-order valence-corrected chi connectivity index (χ2v) is 8.43. The molecule has 9 heteroatoms. The van der Waals surface area contributed by atoms with Gasteiger partial charge < -0.3 is 10.6 Å². The molecule has 28 heavy (non-hydrogen) atoms. The minimum Gasteiger partial charge on any atom is -0.349 e. The Labute approximate surface area is 162 Å². The van der Waals surface area contributed by atoms with Gasteiger partial charge in [-0.05, 0) is 56.3 Å². The van der Waals surface area contributed by atoms with Crippen LogP contribution in [0.5, 0.6) is 0 Å². The van der Waals surface area contributed by atoms with Gasteiger partial charge in [0.1, 0.15) is 0 Å². The van der Waals surface area contributed by atoms with Crippen LogP contribution in [0.15, 0.2) is 53.4 Å². The van der Waals surface area contributed by atoms with Crippen LogP contribution in [0, 0.1) is 0 Å². The first-order valence-electron chi connectivity index (χ1n) is 9.10. The molecule has 1 saturated heterocycles. The van der Waals surface area contributed by atoms with E-state index in [9.17, 15) is 13.2 Å². The first-order chi connectivity index (χ1) is 13.5. The Bertz CT molecular complexity index is 1090. The average molecular weight is 399 g/mol. The van der Waals surface area contributed by atoms with Gasteiger partial charge in [-0.3, -0.25) is 14.6 Å². The summed E-state index contributed by atoms with van der Waals surface area (Å²) in [4.78, 5) is 12.7. The van der Waals surface area contributed by atoms with Crippen molar-refractivity contribution in [3.63, 3.8) is 0 Å². The maximum absolute atomic E-state index is 12.6. The fourth-order valence-corrected chi connectivity index (χ4v) is 4.30. The molecule has 0 spiro atoms. The number of piperidine rings is 1. The molecular weight excluding hydrogens is 378 g/mol. The molecule has 1 aliphatic heterocycles. The number of benzene rings is 2. The Hall–Kier alpha value is -2.91. The molecule has 0 atom stereocenters. The number of fused-ring (bicyclic) bond motifs is 1. The standard InChI is InChI=1S/C19H21N5O3S/c25-19(21-14-8-10-20-11-9-14)13-6-7-17-16(12-13)18(23-22-17)24-28(26,27)15-4-2-1-3-5-15/h1-7,12,14,20H,8-11H2,(H,21,25)(H2,22,23,24). The van der Waals surface area contributed by atoms with Gasteiger partial charge in [0.05, 0.1) is 10.4 Å². The summed E-state index contributed by atoms with van der Waals surface area (Å²) in [5.74, 6) is -0.0118. The fourth-order valence-electron chi connectivity index (χ4n) is 3.25. The summed E-state index contributed by atoms with van der Waals surface area (Å²) in [5.41, 5.74) is 1.11. The highest BCUT2D eigenvalue weighted by Crippen LogP contribution is 2.24. The first kappa shape index (κ1) is 18.5. The van der Waals surface area contributed by atoms with E-state index in [2.05, 4.69) is 25.6 Å². The number of H-pyrrole nitrogens is 1. The highest BCUT2D eigenvalue weighted by Gasteiger charge is 2.20. The molecule has 1 amide bonds. The monoisotopic (exact) mass is 399 g/mol. The number of nitrogens with one attached hydrogen (secondary N) is 4. The van der Waals surface area contributed by atoms with Crippen molar-refractivity contribution in [3.8, 4) is 0 Å². The third kappa shape index (κ3) is 3.85. The van der Waals surface area contributed by atoms with Gasteiger partial charge in [0.25, 0.3) is 15.9 Å². The predicted octanol–water partition coefficient (Wildman–Crippen LogP) is 1.85. The molecule has 1 aliphatic rings. The van der Waals surface area contributed by atoms with Crippen LogP contribution in [0.1, 0.15) is 23.2 Å². The molecule has 1 aromatic heterocycles. The summed E-state index contributed by atoms with van der Waals surface area (Å²) >= 11 is 0. The van der Waals surface area contributed by atoms with Crippen LogP contribution < -0.4 is 15.4 Å². The van der Waals surface area contributed by atoms with E-state index in [1.165, 1.54) is 12.1 Å². The van der Waals surface area contributed by atoms with Crippen LogP contribution in [-0.2, 0) is 10.0 Å². The Kier molecular flexibility index (Phi) is 5.01. The van der Waals surface area contributed by atoms with Crippen LogP contribution >= 0.6 is 0 Å². The highest BCUT2D eigenvalue weighted by atomic mass is 32.2. The number of hydrogen-bond acceptors (Lipinski definition) is 5. The van der Waals surface area contributed by atoms with Crippen LogP contribution in [-0.4, -0.2) is 43.7 Å². The molecule has 0 unspecified atom stereocenters. The summed E-state index contributed by atoms with van der Waals surface area (Å²) in [6.45, 7) is 1.77. The van der Waals surface area contributed by atoms with Crippen molar-refractivity contribution in [1.29, 1.82) is 0 Å². The van der Waals surface area contributed by atoms with Crippen molar-refractivity contribution in [1.82, 2.24) is 20.8 Å². The summed E-state index contributed by atoms with van der Waals surface area (Å²) in [5, 5.41) is 13.7. The molecule has 4 N–H and O–H groups in total. The number of anilines is 1. The zero-order valence-corrected chi connectivity index (χ0v) is 15.9. The maximum Gasteiger partial charge on any atom is 0.263 e. The van der Waals surface area contributed by atoms with Crippen molar-refractivity contribution in [3.05, 3.63) is 54.1 Å². The van der Waals surface area contributed by atoms with Crippen LogP contribution in [0.4, 0.5) is 5.82 Å². The summed E-state index contributed by atoms with van der Waals surface area (Å²) < 4.78 is 27.6. The van der Waals surface area contributed by atoms with E-state index in [4.69, 9.17) is 0 Å². The van der Waals surface area contributed by atoms with E-state index < -0.39 is 10.0 Å². The quantitative estimate of drug-likeness (QED) is 0.522. The summed E-state index contributed by atoms with van der Waals surface area (Å²) in [6.07, 6.45) is 1.78. The van der Waals surface area contributed by atoms with E-state index in [1.807, 2.05) is 0 Å². The van der Waals surface area contributed by atoms with Gasteiger partial charge in [-0.2, -0.15) is 5.10 Å². The van der Waals surface area contributed by atoms with Crippen molar-refractivity contribution >= 4 is 32.7 Å². The smallest absolute Gasteiger partial charge is 0.263 e. The Balaban J connectivity index is 1.58. The van der Waals surface area contributed by atoms with Gasteiger partial charge >= 0.3 is 0 Å². The normalized spacial score (nSPS) is 15.4. The highest BCUT2D eigenvalue weighted by molar-refractivity contribution is 7.92. The SMILES string of the molecule is O=C(NC1CCNCC1)c1ccc2[nH]nc(NS(=O)(=O)c3ccccc3)c2c1. The van der Waals surface area contributed by atoms with Crippen molar-refractivity contribution in [2.75, 3.05) is 17.8 Å². The zero-order valence-electron chi connectivity index (χ0n) is 15.1. The minimum atomic E-state index is -3.77. The third-order valence-electron chi connectivity index (χ3n) is 4.78. The van der Waals surface area contributed by atoms with E-state index in [-0.39, 0.29) is 22.7 Å². The number of sulfonamides is 1. The number of aromatic nitrogens is 2. The Morgan fingerprint density at radius 1 is 1.07 bits per heavy atom. The molecule has 0 radical (unpaired) electrons. The topological polar surface area (TPSA) is 116 Å². The average Bonchev–Trinajstić information content (AvgIpc) is 3.11. The third-order valence-corrected chi connectivity index (χ3v) is 6.14. The molecule has 2 heterocycles. The van der Waals surface area contributed by atoms with Gasteiger partial charge in [-0.1, -0.05) is 18.2 Å². The number of amides is 1. The molecule has 2 aromatic carbocycles. The molecule has 146 valence electrons. The number of nitrogens with zero attached hydrogens (tertiary/aromatic N) is 1. The molecule has 3 aromatic rings. The lowest BCUT2D eigenvalue weighted by atomic mass is 10.1. The zero-order chi connectivity index (χ0) is 19.6. The van der Waals surface area contributed by atoms with Crippen molar-refractivity contribution < 1.29 is 13.2 Å². The molecular formula is C19H21N5O3S. The molecule has 8 nitrogen and oxygen atoms in total. The number of rotatable bonds is 5. The number of carbonyl (C=O) groups excluding carboxylic acids is 1. The predicted molar refractivity (Wildman–Crippen MR) is 107 cm³/mol. The lowest BCUT2D eigenvalue weighted by Gasteiger charge is -2.23. The van der Waals surface area contributed by atoms with Gasteiger partial charge in [-0.25, -0.2) is 8.42 Å². The van der Waals surface area contributed by atoms with Crippen molar-refractivity contribution in [2.45, 2.75) is 23.8 Å². The van der Waals surface area contributed by atoms with Gasteiger partial charge in [-0.15, -0.1) is 0 Å². The van der Waals surface area contributed by atoms with Crippen LogP contribution in [0.2, 0.25) is 0 Å². The van der Waals surface area contributed by atoms with Crippen molar-refractivity contribution in [2.24, 2.45) is 0 Å². The minimum absolute atomic E-state index is 0.143. The van der Waals surface area contributed by atoms with Gasteiger partial charge in [0, 0.05) is 17.0 Å². The van der Waals surface area contributed by atoms with Gasteiger partial charge in [0.2, 0.25) is 0 Å². The fraction of sp³-hybridized carbons (Fsp3) is 0.263. The Morgan fingerprint density at radius 2 is 1.82 bits per heavy atom. The number of hydrogen-bond donors (Lipinski definition) is 4. The van der Waals surface area contributed by atoms with E-state index in [1.54, 1.807) is 36.4 Å². The van der Waals surface area contributed by atoms with Gasteiger partial charge in [0.15, 0.2) is 5.82 Å². The molecule has 1 fully saturated rings. The van der Waals surface area contributed by atoms with E-state index >= 15 is 0 Å². The van der Waals surface area contributed by atoms with Crippen LogP contribution in [0.25, 0.3) is 10.9 Å². The molecule has 0 bridgehead atoms. The molecule has 4 rings (SSSR count). The number of aromatic amines is 1. The Morgan fingerprint density at radius 3 is 2.57 bits per heavy atom. The second-order valence-electron chi connectivity index (χ2n) is 6.75. The van der Waals surface area contributed by atoms with Crippen LogP contribution in [0.3, 0.4) is 0 Å². The van der Waals surface area contributed by atoms with E-state index in [0.717, 1.165) is 25.9 Å². The largest absolute Gasteiger partial charge is 0.349 e. The maximum atomic E-state index is 12.6. The second kappa shape index (κ2) is 7.61. The number of carbonyl (C=O) groups is 1. The first-order valence-corrected chi connectivity index (χ1v) is 10.6. The summed E-state index contributed by atoms with van der Waals surface area (Å²) in [6, 6.07) is 13.3. The van der Waals surface area contributed by atoms with E-state index in [0.29, 0.717) is 16.5 Å². The molecule has 0 aliphatic carbocycles.